The van der Waals surface area contributed by atoms with Crippen molar-refractivity contribution in [2.24, 2.45) is 23.7 Å². The van der Waals surface area contributed by atoms with Crippen molar-refractivity contribution in [2.75, 3.05) is 18.4 Å². The Hall–Kier alpha value is -0.940. The van der Waals surface area contributed by atoms with Crippen LogP contribution in [0.3, 0.4) is 0 Å². The van der Waals surface area contributed by atoms with Crippen molar-refractivity contribution in [3.05, 3.63) is 11.1 Å². The molecule has 0 spiro atoms. The molecule has 3 aliphatic rings. The maximum absolute atomic E-state index is 12.5. The molecule has 23 heavy (non-hydrogen) atoms. The van der Waals surface area contributed by atoms with Crippen LogP contribution in [0, 0.1) is 23.7 Å². The van der Waals surface area contributed by atoms with Gasteiger partial charge in [0, 0.05) is 24.4 Å². The Morgan fingerprint density at radius 3 is 3.04 bits per heavy atom. The molecule has 0 radical (unpaired) electrons. The lowest BCUT2D eigenvalue weighted by molar-refractivity contribution is -0.121. The summed E-state index contributed by atoms with van der Waals surface area (Å²) in [5.41, 5.74) is 1.10. The number of hydrogen-bond acceptors (Lipinski definition) is 4. The van der Waals surface area contributed by atoms with E-state index in [2.05, 4.69) is 27.5 Å². The minimum Gasteiger partial charge on any atom is -0.302 e. The molecule has 1 aromatic rings. The van der Waals surface area contributed by atoms with Gasteiger partial charge in [-0.15, -0.1) is 11.3 Å². The second kappa shape index (κ2) is 6.52. The van der Waals surface area contributed by atoms with Crippen molar-refractivity contribution < 1.29 is 4.79 Å². The highest BCUT2D eigenvalue weighted by Gasteiger charge is 2.43. The van der Waals surface area contributed by atoms with Crippen LogP contribution in [0.5, 0.6) is 0 Å². The van der Waals surface area contributed by atoms with Gasteiger partial charge in [-0.3, -0.25) is 9.69 Å². The van der Waals surface area contributed by atoms with Crippen molar-refractivity contribution in [3.8, 4) is 0 Å². The maximum Gasteiger partial charge on any atom is 0.229 e. The Bertz CT molecular complexity index is 572. The topological polar surface area (TPSA) is 45.2 Å². The standard InChI is InChI=1S/C18H27N3OS/c1-12-3-2-6-21(9-12)10-15-11-23-18(19-15)20-17(22)16-8-13-4-5-14(16)7-13/h11-14,16H,2-10H2,1H3,(H,19,20,22). The fourth-order valence-electron chi connectivity index (χ4n) is 4.86. The zero-order valence-corrected chi connectivity index (χ0v) is 14.8. The molecule has 4 rings (SSSR count). The number of thiazole rings is 1. The van der Waals surface area contributed by atoms with Crippen molar-refractivity contribution >= 4 is 22.4 Å². The van der Waals surface area contributed by atoms with Gasteiger partial charge in [-0.2, -0.15) is 0 Å². The highest BCUT2D eigenvalue weighted by Crippen LogP contribution is 2.48. The third-order valence-electron chi connectivity index (χ3n) is 5.98. The Labute approximate surface area is 142 Å². The number of fused-ring (bicyclic) bond motifs is 2. The molecular formula is C18H27N3OS. The second-order valence-electron chi connectivity index (χ2n) is 7.90. The Kier molecular flexibility index (Phi) is 4.41. The monoisotopic (exact) mass is 333 g/mol. The molecule has 1 amide bonds. The summed E-state index contributed by atoms with van der Waals surface area (Å²) in [4.78, 5) is 19.6. The van der Waals surface area contributed by atoms with Crippen LogP contribution in [0.15, 0.2) is 5.38 Å². The number of likely N-dealkylation sites (tertiary alicyclic amines) is 1. The van der Waals surface area contributed by atoms with E-state index in [1.165, 1.54) is 45.2 Å². The summed E-state index contributed by atoms with van der Waals surface area (Å²) in [6.45, 7) is 5.60. The van der Waals surface area contributed by atoms with Crippen molar-refractivity contribution in [3.63, 3.8) is 0 Å². The molecule has 2 saturated carbocycles. The number of rotatable bonds is 4. The van der Waals surface area contributed by atoms with E-state index in [-0.39, 0.29) is 11.8 Å². The third kappa shape index (κ3) is 3.45. The van der Waals surface area contributed by atoms with E-state index in [1.807, 2.05) is 0 Å². The molecule has 0 aromatic carbocycles. The first kappa shape index (κ1) is 15.6. The molecule has 5 heteroatoms. The number of hydrogen-bond donors (Lipinski definition) is 1. The lowest BCUT2D eigenvalue weighted by atomic mass is 9.88. The maximum atomic E-state index is 12.5. The highest BCUT2D eigenvalue weighted by molar-refractivity contribution is 7.13. The molecule has 4 nitrogen and oxygen atoms in total. The Balaban J connectivity index is 1.32. The first-order valence-electron chi connectivity index (χ1n) is 9.15. The average Bonchev–Trinajstić information content (AvgIpc) is 3.24. The number of piperidine rings is 1. The van der Waals surface area contributed by atoms with Crippen LogP contribution in [-0.4, -0.2) is 28.9 Å². The molecule has 2 bridgehead atoms. The molecule has 1 aromatic heterocycles. The molecule has 1 N–H and O–H groups in total. The zero-order chi connectivity index (χ0) is 15.8. The first-order chi connectivity index (χ1) is 11.2. The number of nitrogens with zero attached hydrogens (tertiary/aromatic N) is 2. The summed E-state index contributed by atoms with van der Waals surface area (Å²) < 4.78 is 0. The summed E-state index contributed by atoms with van der Waals surface area (Å²) in [7, 11) is 0. The Morgan fingerprint density at radius 2 is 2.30 bits per heavy atom. The summed E-state index contributed by atoms with van der Waals surface area (Å²) in [5, 5.41) is 5.98. The first-order valence-corrected chi connectivity index (χ1v) is 10.0. The summed E-state index contributed by atoms with van der Waals surface area (Å²) in [6, 6.07) is 0. The van der Waals surface area contributed by atoms with Crippen LogP contribution in [0.1, 0.15) is 51.1 Å². The number of amides is 1. The normalized spacial score (nSPS) is 34.0. The second-order valence-corrected chi connectivity index (χ2v) is 8.76. The van der Waals surface area contributed by atoms with Gasteiger partial charge in [-0.25, -0.2) is 4.98 Å². The summed E-state index contributed by atoms with van der Waals surface area (Å²) in [5.74, 6) is 2.69. The van der Waals surface area contributed by atoms with Crippen LogP contribution in [0.4, 0.5) is 5.13 Å². The molecular weight excluding hydrogens is 306 g/mol. The average molecular weight is 334 g/mol. The van der Waals surface area contributed by atoms with Crippen molar-refractivity contribution in [1.29, 1.82) is 0 Å². The van der Waals surface area contributed by atoms with Gasteiger partial charge >= 0.3 is 0 Å². The predicted octanol–water partition coefficient (Wildman–Crippen LogP) is 3.75. The van der Waals surface area contributed by atoms with E-state index in [9.17, 15) is 4.79 Å². The van der Waals surface area contributed by atoms with E-state index in [4.69, 9.17) is 0 Å². The molecule has 1 aliphatic heterocycles. The van der Waals surface area contributed by atoms with Crippen molar-refractivity contribution in [2.45, 2.75) is 52.0 Å². The lowest BCUT2D eigenvalue weighted by Gasteiger charge is -2.30. The predicted molar refractivity (Wildman–Crippen MR) is 93.4 cm³/mol. The molecule has 1 saturated heterocycles. The van der Waals surface area contributed by atoms with Gasteiger partial charge in [-0.05, 0) is 56.4 Å². The summed E-state index contributed by atoms with van der Waals surface area (Å²) >= 11 is 1.58. The van der Waals surface area contributed by atoms with Gasteiger partial charge in [0.2, 0.25) is 5.91 Å². The molecule has 126 valence electrons. The largest absolute Gasteiger partial charge is 0.302 e. The zero-order valence-electron chi connectivity index (χ0n) is 14.0. The van der Waals surface area contributed by atoms with E-state index in [0.29, 0.717) is 5.92 Å². The molecule has 4 unspecified atom stereocenters. The van der Waals surface area contributed by atoms with Crippen LogP contribution in [0.25, 0.3) is 0 Å². The number of carbonyl (C=O) groups excluding carboxylic acids is 1. The van der Waals surface area contributed by atoms with Gasteiger partial charge in [0.25, 0.3) is 0 Å². The fraction of sp³-hybridized carbons (Fsp3) is 0.778. The number of anilines is 1. The van der Waals surface area contributed by atoms with Crippen LogP contribution >= 0.6 is 11.3 Å². The van der Waals surface area contributed by atoms with E-state index in [0.717, 1.165) is 35.6 Å². The summed E-state index contributed by atoms with van der Waals surface area (Å²) in [6.07, 6.45) is 7.59. The van der Waals surface area contributed by atoms with E-state index < -0.39 is 0 Å². The SMILES string of the molecule is CC1CCCN(Cc2csc(NC(=O)C3CC4CCC3C4)n2)C1. The van der Waals surface area contributed by atoms with E-state index in [1.54, 1.807) is 11.3 Å². The molecule has 3 fully saturated rings. The minimum absolute atomic E-state index is 0.213. The number of aromatic nitrogens is 1. The van der Waals surface area contributed by atoms with Crippen LogP contribution in [0.2, 0.25) is 0 Å². The number of carbonyl (C=O) groups is 1. The van der Waals surface area contributed by atoms with Gasteiger partial charge in [0.15, 0.2) is 5.13 Å². The molecule has 2 heterocycles. The highest BCUT2D eigenvalue weighted by atomic mass is 32.1. The van der Waals surface area contributed by atoms with E-state index >= 15 is 0 Å². The molecule has 4 atom stereocenters. The van der Waals surface area contributed by atoms with Crippen LogP contribution in [-0.2, 0) is 11.3 Å². The third-order valence-corrected chi connectivity index (χ3v) is 6.79. The van der Waals surface area contributed by atoms with Gasteiger partial charge < -0.3 is 5.32 Å². The smallest absolute Gasteiger partial charge is 0.229 e. The van der Waals surface area contributed by atoms with Gasteiger partial charge in [0.05, 0.1) is 5.69 Å². The quantitative estimate of drug-likeness (QED) is 0.913. The Morgan fingerprint density at radius 1 is 1.39 bits per heavy atom. The fourth-order valence-corrected chi connectivity index (χ4v) is 5.56. The van der Waals surface area contributed by atoms with Gasteiger partial charge in [0.1, 0.15) is 0 Å². The van der Waals surface area contributed by atoms with Gasteiger partial charge in [-0.1, -0.05) is 13.3 Å². The van der Waals surface area contributed by atoms with Crippen LogP contribution < -0.4 is 5.32 Å². The minimum atomic E-state index is 0.213. The number of nitrogens with one attached hydrogen (secondary N) is 1. The lowest BCUT2D eigenvalue weighted by Crippen LogP contribution is -2.33. The molecule has 2 aliphatic carbocycles. The van der Waals surface area contributed by atoms with Crippen molar-refractivity contribution in [1.82, 2.24) is 9.88 Å².